The molecule has 1 aromatic rings. The van der Waals surface area contributed by atoms with Crippen LogP contribution in [0.4, 0.5) is 4.79 Å². The number of likely N-dealkylation sites (tertiary alicyclic amines) is 1. The third-order valence-corrected chi connectivity index (χ3v) is 3.47. The molecule has 0 unspecified atom stereocenters. The number of carbonyl (C=O) groups excluding carboxylic acids is 3. The Kier molecular flexibility index (Phi) is 5.52. The number of ether oxygens (including phenoxy) is 1. The standard InChI is InChI=1S/C16H20N2O4/c1-12-9-14(19)18(15(20)10-12)8-7-17-16(21)22-11-13-5-3-2-4-6-13/h2-6,12H,7-11H2,1H3,(H,17,21). The number of carbonyl (C=O) groups is 3. The van der Waals surface area contributed by atoms with Gasteiger partial charge in [0.05, 0.1) is 0 Å². The summed E-state index contributed by atoms with van der Waals surface area (Å²) in [6.45, 7) is 2.45. The van der Waals surface area contributed by atoms with Gasteiger partial charge in [0.1, 0.15) is 6.61 Å². The smallest absolute Gasteiger partial charge is 0.407 e. The Morgan fingerprint density at radius 2 is 1.86 bits per heavy atom. The normalized spacial score (nSPS) is 15.8. The molecule has 0 atom stereocenters. The van der Waals surface area contributed by atoms with E-state index in [0.717, 1.165) is 5.56 Å². The molecule has 0 aliphatic carbocycles. The summed E-state index contributed by atoms with van der Waals surface area (Å²) in [4.78, 5) is 36.3. The van der Waals surface area contributed by atoms with Crippen molar-refractivity contribution < 1.29 is 19.1 Å². The lowest BCUT2D eigenvalue weighted by Crippen LogP contribution is -2.46. The second kappa shape index (κ2) is 7.59. The zero-order chi connectivity index (χ0) is 15.9. The molecule has 6 heteroatoms. The molecule has 1 fully saturated rings. The molecule has 1 N–H and O–H groups in total. The molecule has 0 aromatic heterocycles. The highest BCUT2D eigenvalue weighted by Gasteiger charge is 2.29. The number of rotatable bonds is 5. The minimum absolute atomic E-state index is 0.0973. The van der Waals surface area contributed by atoms with Crippen molar-refractivity contribution in [1.82, 2.24) is 10.2 Å². The van der Waals surface area contributed by atoms with E-state index < -0.39 is 6.09 Å². The van der Waals surface area contributed by atoms with Gasteiger partial charge in [-0.15, -0.1) is 0 Å². The van der Waals surface area contributed by atoms with Crippen molar-refractivity contribution in [2.24, 2.45) is 5.92 Å². The Hall–Kier alpha value is -2.37. The monoisotopic (exact) mass is 304 g/mol. The summed E-state index contributed by atoms with van der Waals surface area (Å²) in [6.07, 6.45) is 0.197. The predicted molar refractivity (Wildman–Crippen MR) is 79.7 cm³/mol. The van der Waals surface area contributed by atoms with Crippen LogP contribution in [0.5, 0.6) is 0 Å². The van der Waals surface area contributed by atoms with Gasteiger partial charge in [0.25, 0.3) is 0 Å². The second-order valence-electron chi connectivity index (χ2n) is 5.44. The van der Waals surface area contributed by atoms with Crippen LogP contribution in [-0.2, 0) is 20.9 Å². The molecule has 1 saturated heterocycles. The van der Waals surface area contributed by atoms with Gasteiger partial charge in [-0.2, -0.15) is 0 Å². The van der Waals surface area contributed by atoms with Crippen LogP contribution in [-0.4, -0.2) is 35.9 Å². The van der Waals surface area contributed by atoms with Gasteiger partial charge >= 0.3 is 6.09 Å². The maximum absolute atomic E-state index is 11.8. The Balaban J connectivity index is 1.68. The van der Waals surface area contributed by atoms with Gasteiger partial charge in [0.2, 0.25) is 11.8 Å². The number of hydrogen-bond donors (Lipinski definition) is 1. The van der Waals surface area contributed by atoms with Gasteiger partial charge in [0, 0.05) is 25.9 Å². The van der Waals surface area contributed by atoms with Gasteiger partial charge < -0.3 is 10.1 Å². The largest absolute Gasteiger partial charge is 0.445 e. The first kappa shape index (κ1) is 16.0. The molecule has 0 bridgehead atoms. The summed E-state index contributed by atoms with van der Waals surface area (Å²) in [7, 11) is 0. The number of nitrogens with zero attached hydrogens (tertiary/aromatic N) is 1. The van der Waals surface area contributed by atoms with Crippen molar-refractivity contribution in [2.45, 2.75) is 26.4 Å². The molecule has 1 aliphatic rings. The summed E-state index contributed by atoms with van der Waals surface area (Å²) in [6, 6.07) is 9.34. The van der Waals surface area contributed by atoms with Crippen molar-refractivity contribution in [3.05, 3.63) is 35.9 Å². The van der Waals surface area contributed by atoms with Crippen LogP contribution in [0.2, 0.25) is 0 Å². The molecule has 1 heterocycles. The lowest BCUT2D eigenvalue weighted by molar-refractivity contribution is -0.149. The van der Waals surface area contributed by atoms with Gasteiger partial charge in [-0.25, -0.2) is 4.79 Å². The summed E-state index contributed by atoms with van der Waals surface area (Å²) >= 11 is 0. The number of hydrogen-bond acceptors (Lipinski definition) is 4. The summed E-state index contributed by atoms with van der Waals surface area (Å²) < 4.78 is 5.05. The summed E-state index contributed by atoms with van der Waals surface area (Å²) in [5.74, 6) is -0.258. The molecular weight excluding hydrogens is 284 g/mol. The molecule has 0 radical (unpaired) electrons. The maximum Gasteiger partial charge on any atom is 0.407 e. The fourth-order valence-corrected chi connectivity index (χ4v) is 2.32. The zero-order valence-corrected chi connectivity index (χ0v) is 12.6. The number of piperidine rings is 1. The van der Waals surface area contributed by atoms with E-state index in [4.69, 9.17) is 4.74 Å². The molecule has 6 nitrogen and oxygen atoms in total. The van der Waals surface area contributed by atoms with Gasteiger partial charge in [0.15, 0.2) is 0 Å². The van der Waals surface area contributed by atoms with E-state index in [1.165, 1.54) is 4.90 Å². The highest BCUT2D eigenvalue weighted by molar-refractivity contribution is 5.97. The van der Waals surface area contributed by atoms with Crippen molar-refractivity contribution in [3.8, 4) is 0 Å². The van der Waals surface area contributed by atoms with E-state index in [9.17, 15) is 14.4 Å². The van der Waals surface area contributed by atoms with E-state index in [0.29, 0.717) is 12.8 Å². The fraction of sp³-hybridized carbons (Fsp3) is 0.438. The third kappa shape index (κ3) is 4.58. The molecular formula is C16H20N2O4. The van der Waals surface area contributed by atoms with Crippen LogP contribution in [0, 0.1) is 5.92 Å². The molecule has 2 rings (SSSR count). The van der Waals surface area contributed by atoms with Crippen LogP contribution in [0.1, 0.15) is 25.3 Å². The first-order chi connectivity index (χ1) is 10.6. The first-order valence-corrected chi connectivity index (χ1v) is 7.34. The quantitative estimate of drug-likeness (QED) is 0.840. The predicted octanol–water partition coefficient (Wildman–Crippen LogP) is 1.70. The summed E-state index contributed by atoms with van der Waals surface area (Å²) in [5, 5.41) is 2.55. The fourth-order valence-electron chi connectivity index (χ4n) is 2.32. The van der Waals surface area contributed by atoms with Crippen LogP contribution in [0.25, 0.3) is 0 Å². The minimum atomic E-state index is -0.561. The van der Waals surface area contributed by atoms with Gasteiger partial charge in [-0.3, -0.25) is 14.5 Å². The molecule has 3 amide bonds. The number of nitrogens with one attached hydrogen (secondary N) is 1. The highest BCUT2D eigenvalue weighted by Crippen LogP contribution is 2.18. The number of imide groups is 1. The van der Waals surface area contributed by atoms with Crippen molar-refractivity contribution in [3.63, 3.8) is 0 Å². The Bertz CT molecular complexity index is 526. The Morgan fingerprint density at radius 3 is 2.50 bits per heavy atom. The average molecular weight is 304 g/mol. The van der Waals surface area contributed by atoms with E-state index in [2.05, 4.69) is 5.32 Å². The highest BCUT2D eigenvalue weighted by atomic mass is 16.5. The molecule has 1 aromatic carbocycles. The summed E-state index contributed by atoms with van der Waals surface area (Å²) in [5.41, 5.74) is 0.896. The van der Waals surface area contributed by atoms with Crippen LogP contribution in [0.15, 0.2) is 30.3 Å². The van der Waals surface area contributed by atoms with Crippen LogP contribution < -0.4 is 5.32 Å². The topological polar surface area (TPSA) is 75.7 Å². The lowest BCUT2D eigenvalue weighted by Gasteiger charge is -2.28. The number of benzene rings is 1. The molecule has 1 aliphatic heterocycles. The van der Waals surface area contributed by atoms with Crippen LogP contribution in [0.3, 0.4) is 0 Å². The van der Waals surface area contributed by atoms with Crippen molar-refractivity contribution in [2.75, 3.05) is 13.1 Å². The second-order valence-corrected chi connectivity index (χ2v) is 5.44. The number of amides is 3. The molecule has 0 saturated carbocycles. The van der Waals surface area contributed by atoms with Crippen molar-refractivity contribution >= 4 is 17.9 Å². The van der Waals surface area contributed by atoms with Gasteiger partial charge in [-0.1, -0.05) is 37.3 Å². The van der Waals surface area contributed by atoms with Crippen LogP contribution >= 0.6 is 0 Å². The van der Waals surface area contributed by atoms with E-state index in [-0.39, 0.29) is 37.4 Å². The number of alkyl carbamates (subject to hydrolysis) is 1. The third-order valence-electron chi connectivity index (χ3n) is 3.47. The SMILES string of the molecule is CC1CC(=O)N(CCNC(=O)OCc2ccccc2)C(=O)C1. The Labute approximate surface area is 129 Å². The first-order valence-electron chi connectivity index (χ1n) is 7.34. The lowest BCUT2D eigenvalue weighted by atomic mass is 9.98. The molecule has 118 valence electrons. The van der Waals surface area contributed by atoms with E-state index >= 15 is 0 Å². The van der Waals surface area contributed by atoms with E-state index in [1.54, 1.807) is 0 Å². The van der Waals surface area contributed by atoms with E-state index in [1.807, 2.05) is 37.3 Å². The average Bonchev–Trinajstić information content (AvgIpc) is 2.49. The maximum atomic E-state index is 11.8. The van der Waals surface area contributed by atoms with Crippen molar-refractivity contribution in [1.29, 1.82) is 0 Å². The molecule has 22 heavy (non-hydrogen) atoms. The zero-order valence-electron chi connectivity index (χ0n) is 12.6. The Morgan fingerprint density at radius 1 is 1.23 bits per heavy atom. The minimum Gasteiger partial charge on any atom is -0.445 e. The van der Waals surface area contributed by atoms with Gasteiger partial charge in [-0.05, 0) is 11.5 Å². The molecule has 0 spiro atoms.